The lowest BCUT2D eigenvalue weighted by atomic mass is 9.43. The summed E-state index contributed by atoms with van der Waals surface area (Å²) in [4.78, 5) is 5.36. The number of fused-ring (bicyclic) bond motifs is 11. The van der Waals surface area contributed by atoms with Crippen molar-refractivity contribution in [3.05, 3.63) is 175 Å². The monoisotopic (exact) mass is 820 g/mol. The SMILES string of the molecule is CC(C)(C)c1ccc(N2B3c4c(cc5ccccc5c4N(c4ccc(C(C)(C)C)cc4-c4ccccc4)c4sc5ccccc5c43)-c3cc4c(cc32)sc2ccccc24)cc1. The van der Waals surface area contributed by atoms with Gasteiger partial charge in [-0.25, -0.2) is 0 Å². The smallest absolute Gasteiger partial charge is 0.334 e. The van der Waals surface area contributed by atoms with Crippen LogP contribution in [-0.2, 0) is 10.8 Å². The number of anilines is 5. The minimum atomic E-state index is -0.0779. The summed E-state index contributed by atoms with van der Waals surface area (Å²) < 4.78 is 3.95. The molecule has 0 unspecified atom stereocenters. The van der Waals surface area contributed by atoms with Crippen LogP contribution in [0.1, 0.15) is 52.7 Å². The molecule has 0 radical (unpaired) electrons. The summed E-state index contributed by atoms with van der Waals surface area (Å²) in [5, 5.41) is 7.76. The zero-order valence-electron chi connectivity index (χ0n) is 35.4. The maximum atomic E-state index is 2.70. The van der Waals surface area contributed by atoms with E-state index in [0.717, 1.165) is 0 Å². The van der Waals surface area contributed by atoms with E-state index in [1.54, 1.807) is 0 Å². The highest BCUT2D eigenvalue weighted by molar-refractivity contribution is 7.26. The minimum absolute atomic E-state index is 0.0135. The maximum absolute atomic E-state index is 2.70. The fourth-order valence-corrected chi connectivity index (χ4v) is 12.4. The van der Waals surface area contributed by atoms with Gasteiger partial charge in [0.1, 0.15) is 0 Å². The number of benzene rings is 8. The van der Waals surface area contributed by atoms with Gasteiger partial charge in [0, 0.05) is 52.8 Å². The second-order valence-corrected chi connectivity index (χ2v) is 21.1. The molecule has 0 fully saturated rings. The third-order valence-corrected chi connectivity index (χ3v) is 15.5. The molecule has 2 nitrogen and oxygen atoms in total. The van der Waals surface area contributed by atoms with Crippen molar-refractivity contribution >= 4 is 109 Å². The molecule has 10 aromatic rings. The Morgan fingerprint density at radius 1 is 0.443 bits per heavy atom. The Bertz CT molecular complexity index is 3400. The molecule has 5 heteroatoms. The fourth-order valence-electron chi connectivity index (χ4n) is 10.1. The fraction of sp³-hybridized carbons (Fsp3) is 0.143. The Hall–Kier alpha value is -6.14. The van der Waals surface area contributed by atoms with Crippen molar-refractivity contribution in [2.75, 3.05) is 9.71 Å². The zero-order chi connectivity index (χ0) is 41.4. The first-order valence-corrected chi connectivity index (χ1v) is 23.1. The van der Waals surface area contributed by atoms with Crippen molar-refractivity contribution in [3.8, 4) is 22.3 Å². The van der Waals surface area contributed by atoms with Crippen LogP contribution in [0.3, 0.4) is 0 Å². The molecule has 0 saturated carbocycles. The van der Waals surface area contributed by atoms with Crippen LogP contribution in [0.4, 0.5) is 27.8 Å². The molecule has 61 heavy (non-hydrogen) atoms. The average molecular weight is 821 g/mol. The van der Waals surface area contributed by atoms with Gasteiger partial charge in [-0.05, 0) is 109 Å². The molecule has 0 N–H and O–H groups in total. The lowest BCUT2D eigenvalue weighted by Crippen LogP contribution is -2.61. The van der Waals surface area contributed by atoms with Gasteiger partial charge < -0.3 is 9.71 Å². The van der Waals surface area contributed by atoms with Crippen LogP contribution in [-0.4, -0.2) is 6.85 Å². The molecule has 4 heterocycles. The van der Waals surface area contributed by atoms with Crippen molar-refractivity contribution in [1.82, 2.24) is 0 Å². The van der Waals surface area contributed by atoms with Crippen molar-refractivity contribution in [1.29, 1.82) is 0 Å². The van der Waals surface area contributed by atoms with Gasteiger partial charge in [-0.1, -0.05) is 151 Å². The standard InChI is InChI=1S/C56H45BN2S2/c1-55(2,3)36-24-27-38(28-25-36)59-47-33-50-44(40-20-12-14-22-48(40)60-50)32-43(47)45-30-35-18-10-11-19-39(35)53-51(45)57(59)52-41-21-13-15-23-49(41)61-54(52)58(53)46-29-26-37(56(4,5)6)31-42(46)34-16-8-7-9-17-34/h7-33H,1-6H3. The largest absolute Gasteiger partial charge is 0.376 e. The van der Waals surface area contributed by atoms with Crippen molar-refractivity contribution in [3.63, 3.8) is 0 Å². The molecule has 0 atom stereocenters. The molecule has 2 aliphatic rings. The molecular formula is C56H45BN2S2. The Kier molecular flexibility index (Phi) is 7.93. The third-order valence-electron chi connectivity index (χ3n) is 13.2. The number of hydrogen-bond acceptors (Lipinski definition) is 4. The van der Waals surface area contributed by atoms with E-state index in [0.29, 0.717) is 0 Å². The maximum Gasteiger partial charge on any atom is 0.334 e. The molecule has 2 aromatic heterocycles. The highest BCUT2D eigenvalue weighted by Gasteiger charge is 2.48. The lowest BCUT2D eigenvalue weighted by molar-refractivity contribution is 0.590. The van der Waals surface area contributed by atoms with Gasteiger partial charge in [0.25, 0.3) is 0 Å². The predicted octanol–water partition coefficient (Wildman–Crippen LogP) is 15.4. The van der Waals surface area contributed by atoms with Crippen LogP contribution in [0.2, 0.25) is 0 Å². The Morgan fingerprint density at radius 3 is 1.82 bits per heavy atom. The summed E-state index contributed by atoms with van der Waals surface area (Å²) in [6, 6.07) is 62.4. The van der Waals surface area contributed by atoms with Gasteiger partial charge in [-0.2, -0.15) is 0 Å². The van der Waals surface area contributed by atoms with E-state index in [2.05, 4.69) is 215 Å². The molecule has 2 aliphatic heterocycles. The summed E-state index contributed by atoms with van der Waals surface area (Å²) in [5.41, 5.74) is 15.4. The van der Waals surface area contributed by atoms with E-state index in [4.69, 9.17) is 0 Å². The second-order valence-electron chi connectivity index (χ2n) is 18.9. The first-order valence-electron chi connectivity index (χ1n) is 21.5. The Labute approximate surface area is 366 Å². The molecular weight excluding hydrogens is 776 g/mol. The van der Waals surface area contributed by atoms with Crippen molar-refractivity contribution in [2.45, 2.75) is 52.4 Å². The van der Waals surface area contributed by atoms with Crippen LogP contribution >= 0.6 is 22.7 Å². The summed E-state index contributed by atoms with van der Waals surface area (Å²) >= 11 is 3.83. The number of hydrogen-bond donors (Lipinski definition) is 0. The first kappa shape index (κ1) is 36.7. The Balaban J connectivity index is 1.25. The molecule has 8 aromatic carbocycles. The van der Waals surface area contributed by atoms with Gasteiger partial charge in [0.15, 0.2) is 0 Å². The van der Waals surface area contributed by atoms with E-state index >= 15 is 0 Å². The average Bonchev–Trinajstić information content (AvgIpc) is 3.83. The van der Waals surface area contributed by atoms with Crippen LogP contribution in [0, 0.1) is 0 Å². The molecule has 12 rings (SSSR count). The normalized spacial score (nSPS) is 13.6. The van der Waals surface area contributed by atoms with Gasteiger partial charge in [-0.15, -0.1) is 22.7 Å². The zero-order valence-corrected chi connectivity index (χ0v) is 37.0. The van der Waals surface area contributed by atoms with Crippen LogP contribution < -0.4 is 20.6 Å². The van der Waals surface area contributed by atoms with Crippen LogP contribution in [0.15, 0.2) is 164 Å². The predicted molar refractivity (Wildman–Crippen MR) is 269 cm³/mol. The van der Waals surface area contributed by atoms with Crippen molar-refractivity contribution in [2.24, 2.45) is 0 Å². The van der Waals surface area contributed by atoms with Gasteiger partial charge in [0.2, 0.25) is 0 Å². The summed E-state index contributed by atoms with van der Waals surface area (Å²) in [6.07, 6.45) is 0. The van der Waals surface area contributed by atoms with Crippen LogP contribution in [0.25, 0.3) is 63.3 Å². The number of nitrogens with zero attached hydrogens (tertiary/aromatic N) is 2. The van der Waals surface area contributed by atoms with E-state index in [-0.39, 0.29) is 17.7 Å². The van der Waals surface area contributed by atoms with E-state index < -0.39 is 0 Å². The molecule has 294 valence electrons. The van der Waals surface area contributed by atoms with Crippen molar-refractivity contribution < 1.29 is 0 Å². The second kappa shape index (κ2) is 13.2. The topological polar surface area (TPSA) is 6.48 Å². The Morgan fingerprint density at radius 2 is 1.08 bits per heavy atom. The van der Waals surface area contributed by atoms with E-state index in [1.165, 1.54) is 113 Å². The highest BCUT2D eigenvalue weighted by atomic mass is 32.1. The minimum Gasteiger partial charge on any atom is -0.376 e. The van der Waals surface area contributed by atoms with Crippen LogP contribution in [0.5, 0.6) is 0 Å². The molecule has 0 spiro atoms. The first-order chi connectivity index (χ1) is 29.5. The quantitative estimate of drug-likeness (QED) is 0.164. The molecule has 0 bridgehead atoms. The number of thiophene rings is 2. The van der Waals surface area contributed by atoms with Gasteiger partial charge >= 0.3 is 6.85 Å². The molecule has 0 saturated heterocycles. The number of rotatable bonds is 3. The van der Waals surface area contributed by atoms with E-state index in [9.17, 15) is 0 Å². The molecule has 0 aliphatic carbocycles. The van der Waals surface area contributed by atoms with E-state index in [1.807, 2.05) is 22.7 Å². The summed E-state index contributed by atoms with van der Waals surface area (Å²) in [6.45, 7) is 13.8. The third kappa shape index (κ3) is 5.53. The summed E-state index contributed by atoms with van der Waals surface area (Å²) in [7, 11) is 0. The lowest BCUT2D eigenvalue weighted by Gasteiger charge is -2.45. The molecule has 0 amide bonds. The highest BCUT2D eigenvalue weighted by Crippen LogP contribution is 2.54. The van der Waals surface area contributed by atoms with Gasteiger partial charge in [0.05, 0.1) is 16.4 Å². The van der Waals surface area contributed by atoms with Gasteiger partial charge in [-0.3, -0.25) is 0 Å². The summed E-state index contributed by atoms with van der Waals surface area (Å²) in [5.74, 6) is 0.